The van der Waals surface area contributed by atoms with Gasteiger partial charge in [-0.25, -0.2) is 0 Å². The molecule has 170 valence electrons. The lowest BCUT2D eigenvalue weighted by atomic mass is 10.1. The van der Waals surface area contributed by atoms with Gasteiger partial charge in [0.2, 0.25) is 0 Å². The second-order valence-corrected chi connectivity index (χ2v) is 9.17. The van der Waals surface area contributed by atoms with Crippen molar-refractivity contribution in [3.8, 4) is 17.1 Å². The Hall–Kier alpha value is -2.68. The Kier molecular flexibility index (Phi) is 7.57. The Bertz CT molecular complexity index is 979. The molecule has 0 radical (unpaired) electrons. The van der Waals surface area contributed by atoms with Crippen LogP contribution in [-0.2, 0) is 4.74 Å². The average molecular weight is 456 g/mol. The maximum Gasteiger partial charge on any atom is 0.273 e. The number of hydrogen-bond acceptors (Lipinski definition) is 7. The molecule has 1 aliphatic rings. The molecule has 7 nitrogen and oxygen atoms in total. The number of carbonyl (C=O) groups excluding carboxylic acids is 1. The molecule has 1 aromatic carbocycles. The van der Waals surface area contributed by atoms with Gasteiger partial charge in [-0.15, -0.1) is 11.3 Å². The van der Waals surface area contributed by atoms with Crippen LogP contribution in [0.15, 0.2) is 52.4 Å². The van der Waals surface area contributed by atoms with Crippen molar-refractivity contribution in [3.05, 3.63) is 58.4 Å². The first kappa shape index (κ1) is 22.5. The normalized spacial score (nSPS) is 15.6. The maximum absolute atomic E-state index is 12.8. The van der Waals surface area contributed by atoms with Crippen LogP contribution in [0.1, 0.15) is 35.3 Å². The van der Waals surface area contributed by atoms with E-state index >= 15 is 0 Å². The highest BCUT2D eigenvalue weighted by atomic mass is 32.1. The van der Waals surface area contributed by atoms with E-state index in [1.807, 2.05) is 30.3 Å². The molecule has 0 aliphatic carbocycles. The van der Waals surface area contributed by atoms with Crippen molar-refractivity contribution in [3.63, 3.8) is 0 Å². The zero-order valence-corrected chi connectivity index (χ0v) is 19.3. The Morgan fingerprint density at radius 1 is 1.22 bits per heavy atom. The first-order chi connectivity index (χ1) is 15.6. The molecule has 1 atom stereocenters. The van der Waals surface area contributed by atoms with Crippen molar-refractivity contribution >= 4 is 17.2 Å². The summed E-state index contributed by atoms with van der Waals surface area (Å²) in [7, 11) is 0. The van der Waals surface area contributed by atoms with Gasteiger partial charge in [0, 0.05) is 36.1 Å². The minimum Gasteiger partial charge on any atom is -0.493 e. The second-order valence-electron chi connectivity index (χ2n) is 8.20. The SMILES string of the molecule is CC(C)COc1ccc(-c2cc(C(=O)NCC(c3cccs3)N3CCOCC3)no2)cc1. The standard InChI is InChI=1S/C24H29N3O4S/c1-17(2)16-30-19-7-5-18(6-8-19)22-14-20(26-31-22)24(28)25-15-21(23-4-3-13-32-23)27-9-11-29-12-10-27/h3-8,13-14,17,21H,9-12,15-16H2,1-2H3,(H,25,28). The number of aromatic nitrogens is 1. The van der Waals surface area contributed by atoms with Crippen molar-refractivity contribution in [2.75, 3.05) is 39.5 Å². The molecule has 1 saturated heterocycles. The summed E-state index contributed by atoms with van der Waals surface area (Å²) in [5, 5.41) is 9.07. The molecule has 1 N–H and O–H groups in total. The Balaban J connectivity index is 1.37. The van der Waals surface area contributed by atoms with Gasteiger partial charge >= 0.3 is 0 Å². The van der Waals surface area contributed by atoms with E-state index in [0.717, 1.165) is 24.4 Å². The summed E-state index contributed by atoms with van der Waals surface area (Å²) in [5.41, 5.74) is 1.12. The van der Waals surface area contributed by atoms with Gasteiger partial charge in [0.1, 0.15) is 5.75 Å². The summed E-state index contributed by atoms with van der Waals surface area (Å²) in [4.78, 5) is 16.3. The third-order valence-corrected chi connectivity index (χ3v) is 6.25. The zero-order chi connectivity index (χ0) is 22.3. The summed E-state index contributed by atoms with van der Waals surface area (Å²) in [6.45, 7) is 8.52. The molecule has 8 heteroatoms. The van der Waals surface area contributed by atoms with Crippen molar-refractivity contribution in [2.24, 2.45) is 5.92 Å². The van der Waals surface area contributed by atoms with Gasteiger partial charge in [-0.3, -0.25) is 9.69 Å². The van der Waals surface area contributed by atoms with Crippen molar-refractivity contribution in [1.82, 2.24) is 15.4 Å². The van der Waals surface area contributed by atoms with E-state index in [1.54, 1.807) is 17.4 Å². The summed E-state index contributed by atoms with van der Waals surface area (Å²) >= 11 is 1.70. The van der Waals surface area contributed by atoms with Gasteiger partial charge in [0.15, 0.2) is 11.5 Å². The molecular weight excluding hydrogens is 426 g/mol. The van der Waals surface area contributed by atoms with E-state index in [-0.39, 0.29) is 17.6 Å². The Morgan fingerprint density at radius 2 is 2.00 bits per heavy atom. The topological polar surface area (TPSA) is 76.8 Å². The number of ether oxygens (including phenoxy) is 2. The Labute approximate surface area is 192 Å². The first-order valence-corrected chi connectivity index (χ1v) is 11.8. The van der Waals surface area contributed by atoms with Gasteiger partial charge in [-0.05, 0) is 41.6 Å². The fraction of sp³-hybridized carbons (Fsp3) is 0.417. The van der Waals surface area contributed by atoms with Crippen LogP contribution in [0.2, 0.25) is 0 Å². The third kappa shape index (κ3) is 5.76. The van der Waals surface area contributed by atoms with E-state index in [1.165, 1.54) is 4.88 Å². The summed E-state index contributed by atoms with van der Waals surface area (Å²) in [6, 6.07) is 13.5. The zero-order valence-electron chi connectivity index (χ0n) is 18.5. The smallest absolute Gasteiger partial charge is 0.273 e. The molecular formula is C24H29N3O4S. The summed E-state index contributed by atoms with van der Waals surface area (Å²) < 4.78 is 16.6. The lowest BCUT2D eigenvalue weighted by Crippen LogP contribution is -2.43. The van der Waals surface area contributed by atoms with Crippen LogP contribution in [0, 0.1) is 5.92 Å². The number of amides is 1. The number of hydrogen-bond donors (Lipinski definition) is 1. The quantitative estimate of drug-likeness (QED) is 0.520. The number of nitrogens with one attached hydrogen (secondary N) is 1. The molecule has 0 saturated carbocycles. The van der Waals surface area contributed by atoms with E-state index in [2.05, 4.69) is 40.7 Å². The maximum atomic E-state index is 12.8. The fourth-order valence-electron chi connectivity index (χ4n) is 3.56. The van der Waals surface area contributed by atoms with Crippen LogP contribution >= 0.6 is 11.3 Å². The van der Waals surface area contributed by atoms with Crippen molar-refractivity contribution < 1.29 is 18.8 Å². The fourth-order valence-corrected chi connectivity index (χ4v) is 4.42. The van der Waals surface area contributed by atoms with Gasteiger partial charge in [0.25, 0.3) is 5.91 Å². The molecule has 32 heavy (non-hydrogen) atoms. The molecule has 0 spiro atoms. The highest BCUT2D eigenvalue weighted by Crippen LogP contribution is 2.26. The van der Waals surface area contributed by atoms with E-state index in [0.29, 0.717) is 38.0 Å². The van der Waals surface area contributed by atoms with Crippen molar-refractivity contribution in [2.45, 2.75) is 19.9 Å². The van der Waals surface area contributed by atoms with Crippen LogP contribution in [0.4, 0.5) is 0 Å². The summed E-state index contributed by atoms with van der Waals surface area (Å²) in [5.74, 6) is 1.58. The lowest BCUT2D eigenvalue weighted by molar-refractivity contribution is 0.0169. The first-order valence-electron chi connectivity index (χ1n) is 10.9. The summed E-state index contributed by atoms with van der Waals surface area (Å²) in [6.07, 6.45) is 0. The van der Waals surface area contributed by atoms with E-state index < -0.39 is 0 Å². The highest BCUT2D eigenvalue weighted by molar-refractivity contribution is 7.10. The monoisotopic (exact) mass is 455 g/mol. The second kappa shape index (κ2) is 10.8. The van der Waals surface area contributed by atoms with E-state index in [4.69, 9.17) is 14.0 Å². The molecule has 1 unspecified atom stereocenters. The van der Waals surface area contributed by atoms with Gasteiger partial charge in [-0.1, -0.05) is 25.1 Å². The highest BCUT2D eigenvalue weighted by Gasteiger charge is 2.24. The molecule has 1 amide bonds. The third-order valence-electron chi connectivity index (χ3n) is 5.28. The largest absolute Gasteiger partial charge is 0.493 e. The van der Waals surface area contributed by atoms with Gasteiger partial charge < -0.3 is 19.3 Å². The minimum atomic E-state index is -0.244. The predicted molar refractivity (Wildman–Crippen MR) is 124 cm³/mol. The van der Waals surface area contributed by atoms with Crippen LogP contribution in [0.25, 0.3) is 11.3 Å². The van der Waals surface area contributed by atoms with Crippen LogP contribution < -0.4 is 10.1 Å². The van der Waals surface area contributed by atoms with E-state index in [9.17, 15) is 4.79 Å². The number of morpholine rings is 1. The molecule has 3 aromatic rings. The number of nitrogens with zero attached hydrogens (tertiary/aromatic N) is 2. The Morgan fingerprint density at radius 3 is 2.69 bits per heavy atom. The molecule has 0 bridgehead atoms. The average Bonchev–Trinajstić information content (AvgIpc) is 3.52. The number of thiophene rings is 1. The molecule has 3 heterocycles. The lowest BCUT2D eigenvalue weighted by Gasteiger charge is -2.34. The van der Waals surface area contributed by atoms with Gasteiger partial charge in [-0.2, -0.15) is 0 Å². The van der Waals surface area contributed by atoms with Crippen LogP contribution in [-0.4, -0.2) is 55.4 Å². The predicted octanol–water partition coefficient (Wildman–Crippen LogP) is 4.24. The van der Waals surface area contributed by atoms with Crippen LogP contribution in [0.3, 0.4) is 0 Å². The van der Waals surface area contributed by atoms with Crippen molar-refractivity contribution in [1.29, 1.82) is 0 Å². The minimum absolute atomic E-state index is 0.118. The van der Waals surface area contributed by atoms with Crippen LogP contribution in [0.5, 0.6) is 5.75 Å². The number of benzene rings is 1. The number of carbonyl (C=O) groups is 1. The molecule has 1 aliphatic heterocycles. The molecule has 1 fully saturated rings. The molecule has 4 rings (SSSR count). The number of rotatable bonds is 9. The van der Waals surface area contributed by atoms with Gasteiger partial charge in [0.05, 0.1) is 25.9 Å². The molecule has 2 aromatic heterocycles.